The highest BCUT2D eigenvalue weighted by molar-refractivity contribution is 9.10. The second kappa shape index (κ2) is 14.9. The van der Waals surface area contributed by atoms with Crippen LogP contribution in [-0.4, -0.2) is 13.6 Å². The van der Waals surface area contributed by atoms with Gasteiger partial charge in [-0.1, -0.05) is 156 Å². The van der Waals surface area contributed by atoms with Crippen LogP contribution in [-0.2, 0) is 4.65 Å². The maximum absolute atomic E-state index is 7.31. The lowest BCUT2D eigenvalue weighted by molar-refractivity contribution is 0.210. The Hall–Kier alpha value is -0.830. The Bertz CT molecular complexity index is 866. The normalized spacial score (nSPS) is 23.0. The summed E-state index contributed by atoms with van der Waals surface area (Å²) in [5.74, 6) is 7.35. The summed E-state index contributed by atoms with van der Waals surface area (Å²) in [6.07, 6.45) is 27.6. The van der Waals surface area contributed by atoms with Gasteiger partial charge in [0.1, 0.15) is 5.75 Å². The van der Waals surface area contributed by atoms with Crippen molar-refractivity contribution in [3.63, 3.8) is 0 Å². The van der Waals surface area contributed by atoms with Crippen LogP contribution in [0.5, 0.6) is 5.75 Å². The smallest absolute Gasteiger partial charge is 0.368 e. The molecule has 0 radical (unpaired) electrons. The average molecular weight is 595 g/mol. The highest BCUT2D eigenvalue weighted by Crippen LogP contribution is 2.45. The fourth-order valence-corrected chi connectivity index (χ4v) is 9.43. The van der Waals surface area contributed by atoms with Crippen LogP contribution >= 0.6 is 15.9 Å². The first kappa shape index (κ1) is 29.7. The Morgan fingerprint density at radius 3 is 1.44 bits per heavy atom. The minimum absolute atomic E-state index is 0.311. The number of ether oxygens (including phenoxy) is 1. The van der Waals surface area contributed by atoms with Crippen molar-refractivity contribution in [2.45, 2.75) is 166 Å². The molecule has 0 aliphatic heterocycles. The van der Waals surface area contributed by atoms with Crippen molar-refractivity contribution >= 4 is 29.6 Å². The number of rotatable bonds is 9. The molecule has 4 fully saturated rings. The fourth-order valence-electron chi connectivity index (χ4n) is 8.75. The largest absolute Gasteiger partial charge is 0.536 e. The third kappa shape index (κ3) is 8.14. The van der Waals surface area contributed by atoms with Gasteiger partial charge in [0.05, 0.1) is 0 Å². The van der Waals surface area contributed by atoms with E-state index in [1.807, 2.05) is 0 Å². The molecule has 0 unspecified atom stereocenters. The number of hydrogen-bond donors (Lipinski definition) is 0. The molecule has 0 atom stereocenters. The molecular formula is C34H53B2BrO2. The summed E-state index contributed by atoms with van der Waals surface area (Å²) >= 11 is 3.70. The van der Waals surface area contributed by atoms with E-state index >= 15 is 0 Å². The van der Waals surface area contributed by atoms with Gasteiger partial charge in [-0.25, -0.2) is 0 Å². The molecule has 0 heterocycles. The van der Waals surface area contributed by atoms with Crippen LogP contribution in [0.3, 0.4) is 0 Å². The predicted molar refractivity (Wildman–Crippen MR) is 172 cm³/mol. The van der Waals surface area contributed by atoms with Crippen LogP contribution in [0.2, 0.25) is 23.3 Å². The molecule has 0 amide bonds. The molecule has 39 heavy (non-hydrogen) atoms. The standard InChI is InChI=1S/C34H53B2BrO2/c1-26-23-32(37)24-27(2)34(26)38-33(25-35(28-15-7-3-8-16-28)29-17-9-4-10-18-29)39-36(30-19-11-5-12-20-30)31-21-13-6-14-22-31/h23-25,28-31H,3-22H2,1-2H3/b33-25+. The highest BCUT2D eigenvalue weighted by Gasteiger charge is 2.40. The molecule has 0 bridgehead atoms. The van der Waals surface area contributed by atoms with Crippen LogP contribution in [0.1, 0.15) is 140 Å². The molecule has 4 aliphatic rings. The summed E-state index contributed by atoms with van der Waals surface area (Å²) < 4.78 is 15.4. The fraction of sp³-hybridized carbons (Fsp3) is 0.765. The minimum Gasteiger partial charge on any atom is -0.536 e. The SMILES string of the molecule is Cc1cc(Br)cc(C)c1O/C(=C\B(C1CCCCC1)C1CCCCC1)OB(C1CCCCC1)C1CCCCC1. The predicted octanol–water partition coefficient (Wildman–Crippen LogP) is 11.7. The summed E-state index contributed by atoms with van der Waals surface area (Å²) in [7, 11) is 0. The van der Waals surface area contributed by atoms with Gasteiger partial charge >= 0.3 is 6.92 Å². The zero-order chi connectivity index (χ0) is 27.0. The topological polar surface area (TPSA) is 18.5 Å². The van der Waals surface area contributed by atoms with Gasteiger partial charge in [-0.2, -0.15) is 0 Å². The molecule has 4 saturated carbocycles. The molecule has 1 aromatic carbocycles. The van der Waals surface area contributed by atoms with Crippen molar-refractivity contribution in [1.82, 2.24) is 0 Å². The van der Waals surface area contributed by atoms with Crippen LogP contribution < -0.4 is 4.74 Å². The second-order valence-corrected chi connectivity index (χ2v) is 14.6. The zero-order valence-electron chi connectivity index (χ0n) is 25.0. The van der Waals surface area contributed by atoms with Crippen molar-refractivity contribution in [3.05, 3.63) is 39.7 Å². The molecule has 4 aliphatic carbocycles. The van der Waals surface area contributed by atoms with E-state index in [1.54, 1.807) is 0 Å². The molecule has 0 aromatic heterocycles. The van der Waals surface area contributed by atoms with Gasteiger partial charge in [-0.05, 0) is 54.7 Å². The average Bonchev–Trinajstić information content (AvgIpc) is 2.97. The van der Waals surface area contributed by atoms with Gasteiger partial charge in [-0.3, -0.25) is 0 Å². The van der Waals surface area contributed by atoms with Crippen LogP contribution in [0, 0.1) is 13.8 Å². The van der Waals surface area contributed by atoms with Crippen molar-refractivity contribution in [2.75, 3.05) is 0 Å². The van der Waals surface area contributed by atoms with Crippen molar-refractivity contribution in [3.8, 4) is 5.75 Å². The lowest BCUT2D eigenvalue weighted by atomic mass is 9.30. The Labute approximate surface area is 249 Å². The molecule has 214 valence electrons. The van der Waals surface area contributed by atoms with Crippen LogP contribution in [0.25, 0.3) is 0 Å². The Morgan fingerprint density at radius 1 is 0.641 bits per heavy atom. The van der Waals surface area contributed by atoms with E-state index < -0.39 is 0 Å². The van der Waals surface area contributed by atoms with E-state index in [4.69, 9.17) is 9.39 Å². The molecule has 2 nitrogen and oxygen atoms in total. The maximum atomic E-state index is 7.31. The first-order chi connectivity index (χ1) is 19.1. The van der Waals surface area contributed by atoms with E-state index in [0.717, 1.165) is 27.8 Å². The summed E-state index contributed by atoms with van der Waals surface area (Å²) in [5, 5.41) is 0. The van der Waals surface area contributed by atoms with E-state index in [2.05, 4.69) is 47.9 Å². The Balaban J connectivity index is 1.50. The third-order valence-corrected chi connectivity index (χ3v) is 11.3. The monoisotopic (exact) mass is 594 g/mol. The number of benzene rings is 1. The van der Waals surface area contributed by atoms with Crippen LogP contribution in [0.15, 0.2) is 28.5 Å². The van der Waals surface area contributed by atoms with Crippen molar-refractivity contribution in [2.24, 2.45) is 0 Å². The van der Waals surface area contributed by atoms with E-state index in [9.17, 15) is 0 Å². The van der Waals surface area contributed by atoms with Gasteiger partial charge in [0.2, 0.25) is 0 Å². The van der Waals surface area contributed by atoms with Gasteiger partial charge in [0.15, 0.2) is 6.71 Å². The molecule has 1 aromatic rings. The van der Waals surface area contributed by atoms with Gasteiger partial charge in [-0.15, -0.1) is 0 Å². The van der Waals surface area contributed by atoms with Crippen molar-refractivity contribution < 1.29 is 9.39 Å². The molecule has 5 rings (SSSR count). The summed E-state index contributed by atoms with van der Waals surface area (Å²) in [6.45, 7) is 5.27. The summed E-state index contributed by atoms with van der Waals surface area (Å²) in [4.78, 5) is 0. The Morgan fingerprint density at radius 2 is 1.03 bits per heavy atom. The lowest BCUT2D eigenvalue weighted by Crippen LogP contribution is -2.35. The quantitative estimate of drug-likeness (QED) is 0.209. The maximum Gasteiger partial charge on any atom is 0.368 e. The first-order valence-corrected chi connectivity index (χ1v) is 17.7. The van der Waals surface area contributed by atoms with Gasteiger partial charge < -0.3 is 9.39 Å². The van der Waals surface area contributed by atoms with Crippen LogP contribution in [0.4, 0.5) is 0 Å². The highest BCUT2D eigenvalue weighted by atomic mass is 79.9. The first-order valence-electron chi connectivity index (χ1n) is 16.9. The van der Waals surface area contributed by atoms with Gasteiger partial charge in [0, 0.05) is 4.47 Å². The third-order valence-electron chi connectivity index (χ3n) is 10.8. The number of halogens is 1. The zero-order valence-corrected chi connectivity index (χ0v) is 26.6. The molecule has 0 saturated heterocycles. The molecule has 0 spiro atoms. The molecular weight excluding hydrogens is 542 g/mol. The van der Waals surface area contributed by atoms with E-state index in [0.29, 0.717) is 25.3 Å². The lowest BCUT2D eigenvalue weighted by Gasteiger charge is -2.37. The van der Waals surface area contributed by atoms with Gasteiger partial charge in [0.25, 0.3) is 5.95 Å². The molecule has 5 heteroatoms. The summed E-state index contributed by atoms with van der Waals surface area (Å²) in [6, 6.07) is 4.39. The van der Waals surface area contributed by atoms with E-state index in [-0.39, 0.29) is 0 Å². The van der Waals surface area contributed by atoms with Crippen molar-refractivity contribution in [1.29, 1.82) is 0 Å². The Kier molecular flexibility index (Phi) is 11.3. The minimum atomic E-state index is 0.311. The second-order valence-electron chi connectivity index (χ2n) is 13.7. The number of aryl methyl sites for hydroxylation is 2. The number of hydrogen-bond acceptors (Lipinski definition) is 2. The summed E-state index contributed by atoms with van der Waals surface area (Å²) in [5.41, 5.74) is 2.38. The van der Waals surface area contributed by atoms with E-state index in [1.165, 1.54) is 140 Å². The molecule has 0 N–H and O–H groups in total.